The number of fused-ring (bicyclic) bond motifs is 2. The van der Waals surface area contributed by atoms with Gasteiger partial charge in [-0.15, -0.1) is 0 Å². The monoisotopic (exact) mass is 459 g/mol. The van der Waals surface area contributed by atoms with E-state index < -0.39 is 123 Å². The molecule has 0 saturated carbocycles. The second kappa shape index (κ2) is 8.12. The van der Waals surface area contributed by atoms with Gasteiger partial charge in [0, 0.05) is 11.1 Å². The fraction of sp³-hybridized carbons (Fsp3) is 0. The fourth-order valence-corrected chi connectivity index (χ4v) is 3.21. The molecular weight excluding hydrogens is 426 g/mol. The first-order valence-electron chi connectivity index (χ1n) is 17.4. The molecule has 0 amide bonds. The van der Waals surface area contributed by atoms with Crippen LogP contribution in [0.1, 0.15) is 21.9 Å². The van der Waals surface area contributed by atoms with Crippen molar-refractivity contribution in [2.45, 2.75) is 0 Å². The van der Waals surface area contributed by atoms with Crippen molar-refractivity contribution in [2.75, 3.05) is 0 Å². The van der Waals surface area contributed by atoms with Gasteiger partial charge in [0.2, 0.25) is 5.28 Å². The van der Waals surface area contributed by atoms with Crippen molar-refractivity contribution in [3.8, 4) is 33.9 Å². The molecule has 1 heterocycles. The number of nitrogens with zero attached hydrogens (tertiary/aromatic N) is 3. The topological polar surface area (TPSA) is 38.7 Å². The molecule has 0 aliphatic carbocycles. The first-order valence-corrected chi connectivity index (χ1v) is 9.81. The molecular formula is C29H18ClN3. The molecule has 0 radical (unpaired) electrons. The molecule has 33 heavy (non-hydrogen) atoms. The summed E-state index contributed by atoms with van der Waals surface area (Å²) in [5, 5.41) is -1.21. The highest BCUT2D eigenvalue weighted by molar-refractivity contribution is 6.28. The summed E-state index contributed by atoms with van der Waals surface area (Å²) in [6, 6.07) is -7.42. The van der Waals surface area contributed by atoms with Crippen LogP contribution in [0.4, 0.5) is 0 Å². The van der Waals surface area contributed by atoms with E-state index >= 15 is 0 Å². The first-order chi connectivity index (χ1) is 22.9. The van der Waals surface area contributed by atoms with Gasteiger partial charge in [0.05, 0.1) is 21.9 Å². The molecule has 3 nitrogen and oxygen atoms in total. The number of aromatic nitrogens is 3. The SMILES string of the molecule is [2H]c1cc2c([2H])c([2H])c(-c3nc(Cl)nc(-c4c([2H])c([2H])c(-c5c([2H])c([2H])c6c([2H])c([2H])c([2H])c([2H])c6c5[2H])c([2H])c4[2H])n3)cc2c([2H])c1[2H]. The molecule has 156 valence electrons. The van der Waals surface area contributed by atoms with E-state index in [-0.39, 0.29) is 34.2 Å². The Morgan fingerprint density at radius 3 is 1.97 bits per heavy atom. The van der Waals surface area contributed by atoms with Crippen LogP contribution >= 0.6 is 11.6 Å². The minimum atomic E-state index is -0.788. The maximum atomic E-state index is 8.81. The molecule has 0 saturated heterocycles. The molecule has 6 rings (SSSR count). The van der Waals surface area contributed by atoms with Gasteiger partial charge < -0.3 is 0 Å². The number of halogens is 1. The van der Waals surface area contributed by atoms with Crippen molar-refractivity contribution < 1.29 is 21.9 Å². The van der Waals surface area contributed by atoms with Gasteiger partial charge in [-0.05, 0) is 56.4 Å². The van der Waals surface area contributed by atoms with Gasteiger partial charge in [0.25, 0.3) is 0 Å². The van der Waals surface area contributed by atoms with E-state index in [0.29, 0.717) is 0 Å². The molecule has 0 bridgehead atoms. The Morgan fingerprint density at radius 2 is 1.12 bits per heavy atom. The predicted octanol–water partition coefficient (Wildman–Crippen LogP) is 7.83. The highest BCUT2D eigenvalue weighted by Gasteiger charge is 2.10. The van der Waals surface area contributed by atoms with Crippen LogP contribution in [0.15, 0.2) is 109 Å². The quantitative estimate of drug-likeness (QED) is 0.270. The third-order valence-electron chi connectivity index (χ3n) is 4.59. The number of hydrogen-bond acceptors (Lipinski definition) is 3. The van der Waals surface area contributed by atoms with Crippen molar-refractivity contribution in [1.82, 2.24) is 15.0 Å². The molecule has 4 heteroatoms. The Morgan fingerprint density at radius 1 is 0.515 bits per heavy atom. The van der Waals surface area contributed by atoms with Crippen LogP contribution in [0.2, 0.25) is 5.28 Å². The predicted molar refractivity (Wildman–Crippen MR) is 136 cm³/mol. The lowest BCUT2D eigenvalue weighted by atomic mass is 10.0. The third kappa shape index (κ3) is 3.84. The second-order valence-corrected chi connectivity index (χ2v) is 7.01. The zero-order chi connectivity index (χ0) is 36.1. The van der Waals surface area contributed by atoms with Gasteiger partial charge in [0.1, 0.15) is 0 Å². The Hall–Kier alpha value is -4.08. The third-order valence-corrected chi connectivity index (χ3v) is 4.76. The molecule has 1 aromatic heterocycles. The Bertz CT molecular complexity index is 2460. The van der Waals surface area contributed by atoms with Crippen LogP contribution in [-0.4, -0.2) is 15.0 Å². The van der Waals surface area contributed by atoms with Gasteiger partial charge in [-0.1, -0.05) is 96.7 Å². The summed E-state index contributed by atoms with van der Waals surface area (Å²) < 4.78 is 135. The minimum Gasteiger partial charge on any atom is -0.208 e. The van der Waals surface area contributed by atoms with E-state index in [1.807, 2.05) is 0 Å². The molecule has 0 atom stereocenters. The maximum absolute atomic E-state index is 8.81. The van der Waals surface area contributed by atoms with Crippen LogP contribution in [0, 0.1) is 0 Å². The minimum absolute atomic E-state index is 0.0510. The Balaban J connectivity index is 1.62. The van der Waals surface area contributed by atoms with Crippen LogP contribution in [0.5, 0.6) is 0 Å². The van der Waals surface area contributed by atoms with Crippen LogP contribution in [0.25, 0.3) is 55.4 Å². The highest BCUT2D eigenvalue weighted by Crippen LogP contribution is 2.28. The molecule has 0 unspecified atom stereocenters. The van der Waals surface area contributed by atoms with E-state index in [4.69, 9.17) is 33.5 Å². The van der Waals surface area contributed by atoms with Gasteiger partial charge in [-0.3, -0.25) is 0 Å². The number of rotatable bonds is 3. The van der Waals surface area contributed by atoms with E-state index in [9.17, 15) is 0 Å². The fourth-order valence-electron chi connectivity index (χ4n) is 3.05. The summed E-state index contributed by atoms with van der Waals surface area (Å²) in [5.41, 5.74) is -1.78. The van der Waals surface area contributed by atoms with Crippen LogP contribution < -0.4 is 0 Å². The first kappa shape index (κ1) is 9.05. The number of benzene rings is 5. The van der Waals surface area contributed by atoms with Crippen molar-refractivity contribution in [2.24, 2.45) is 0 Å². The zero-order valence-corrected chi connectivity index (χ0v) is 17.1. The Kier molecular flexibility index (Phi) is 2.23. The van der Waals surface area contributed by atoms with Gasteiger partial charge in [-0.25, -0.2) is 4.98 Å². The van der Waals surface area contributed by atoms with Crippen molar-refractivity contribution in [1.29, 1.82) is 0 Å². The van der Waals surface area contributed by atoms with E-state index in [1.165, 1.54) is 12.1 Å². The van der Waals surface area contributed by atoms with E-state index in [2.05, 4.69) is 15.0 Å². The van der Waals surface area contributed by atoms with Crippen molar-refractivity contribution in [3.63, 3.8) is 0 Å². The largest absolute Gasteiger partial charge is 0.226 e. The smallest absolute Gasteiger partial charge is 0.208 e. The second-order valence-electron chi connectivity index (χ2n) is 6.68. The molecule has 0 spiro atoms. The van der Waals surface area contributed by atoms with Crippen LogP contribution in [-0.2, 0) is 0 Å². The lowest BCUT2D eigenvalue weighted by molar-refractivity contribution is 1.07. The summed E-state index contributed by atoms with van der Waals surface area (Å²) in [6.45, 7) is 0. The molecule has 5 aromatic carbocycles. The van der Waals surface area contributed by atoms with Crippen LogP contribution in [0.3, 0.4) is 0 Å². The summed E-state index contributed by atoms with van der Waals surface area (Å²) in [5.74, 6) is -0.814. The van der Waals surface area contributed by atoms with Gasteiger partial charge in [0.15, 0.2) is 11.6 Å². The van der Waals surface area contributed by atoms with Gasteiger partial charge >= 0.3 is 0 Å². The maximum Gasteiger partial charge on any atom is 0.226 e. The average molecular weight is 460 g/mol. The zero-order valence-electron chi connectivity index (χ0n) is 32.4. The lowest BCUT2D eigenvalue weighted by Crippen LogP contribution is -1.97. The average Bonchev–Trinajstić information content (AvgIpc) is 3.05. The molecule has 0 aliphatic rings. The molecule has 0 N–H and O–H groups in total. The van der Waals surface area contributed by atoms with E-state index in [1.54, 1.807) is 0 Å². The normalized spacial score (nSPS) is 18.0. The summed E-state index contributed by atoms with van der Waals surface area (Å²) in [6.07, 6.45) is 0. The van der Waals surface area contributed by atoms with Gasteiger partial charge in [-0.2, -0.15) is 9.97 Å². The molecule has 6 aromatic rings. The standard InChI is InChI=1S/C29H18ClN3/c30-29-32-27(31-28(33-29)26-16-12-20-6-2-4-8-24(20)18-26)22-13-9-21(10-14-22)25-15-11-19-5-1-3-7-23(19)17-25/h1-18H/i1D,2D,3D,4D,5D,7D,8D,9D,10D,11D,12D,13D,14D,15D,16D,17D. The summed E-state index contributed by atoms with van der Waals surface area (Å²) in [4.78, 5) is 12.2. The summed E-state index contributed by atoms with van der Waals surface area (Å²) >= 11 is 6.20. The van der Waals surface area contributed by atoms with Crippen molar-refractivity contribution in [3.05, 3.63) is 114 Å². The summed E-state index contributed by atoms with van der Waals surface area (Å²) in [7, 11) is 0. The van der Waals surface area contributed by atoms with Crippen molar-refractivity contribution >= 4 is 33.1 Å². The van der Waals surface area contributed by atoms with E-state index in [0.717, 1.165) is 0 Å². The highest BCUT2D eigenvalue weighted by atomic mass is 35.5. The molecule has 0 aliphatic heterocycles. The molecule has 0 fully saturated rings. The lowest BCUT2D eigenvalue weighted by Gasteiger charge is -2.08. The Labute approximate surface area is 218 Å². The number of hydrogen-bond donors (Lipinski definition) is 0.